The lowest BCUT2D eigenvalue weighted by molar-refractivity contribution is -0.125. The largest absolute Gasteiger partial charge is 0.490 e. The van der Waals surface area contributed by atoms with Gasteiger partial charge in [0.1, 0.15) is 11.9 Å². The third-order valence-corrected chi connectivity index (χ3v) is 4.05. The van der Waals surface area contributed by atoms with E-state index in [1.54, 1.807) is 7.11 Å². The molecular formula is C16H24N2O3. The highest BCUT2D eigenvalue weighted by atomic mass is 16.5. The van der Waals surface area contributed by atoms with Crippen molar-refractivity contribution >= 4 is 5.91 Å². The molecule has 2 rings (SSSR count). The minimum atomic E-state index is -0.929. The van der Waals surface area contributed by atoms with Crippen LogP contribution in [0.4, 0.5) is 0 Å². The summed E-state index contributed by atoms with van der Waals surface area (Å²) in [5.74, 6) is 0.362. The zero-order chi connectivity index (χ0) is 15.3. The van der Waals surface area contributed by atoms with Gasteiger partial charge in [-0.05, 0) is 43.4 Å². The molecule has 0 spiro atoms. The van der Waals surface area contributed by atoms with Gasteiger partial charge in [0.05, 0.1) is 12.1 Å². The fourth-order valence-electron chi connectivity index (χ4n) is 2.73. The smallest absolute Gasteiger partial charge is 0.237 e. The van der Waals surface area contributed by atoms with Gasteiger partial charge in [0.15, 0.2) is 0 Å². The van der Waals surface area contributed by atoms with E-state index in [1.165, 1.54) is 5.56 Å². The predicted molar refractivity (Wildman–Crippen MR) is 81.0 cm³/mol. The summed E-state index contributed by atoms with van der Waals surface area (Å²) in [6, 6.07) is 7.95. The maximum absolute atomic E-state index is 11.4. The molecule has 0 bridgehead atoms. The molecule has 2 atom stereocenters. The van der Waals surface area contributed by atoms with Crippen molar-refractivity contribution in [3.05, 3.63) is 29.8 Å². The number of carbonyl (C=O) groups excluding carboxylic acids is 1. The van der Waals surface area contributed by atoms with Crippen molar-refractivity contribution in [1.29, 1.82) is 0 Å². The van der Waals surface area contributed by atoms with Crippen LogP contribution in [-0.4, -0.2) is 31.3 Å². The zero-order valence-electron chi connectivity index (χ0n) is 12.5. The van der Waals surface area contributed by atoms with Crippen LogP contribution in [0, 0.1) is 0 Å². The van der Waals surface area contributed by atoms with Crippen LogP contribution in [0.1, 0.15) is 31.2 Å². The van der Waals surface area contributed by atoms with Crippen LogP contribution in [0.3, 0.4) is 0 Å². The molecule has 0 heterocycles. The van der Waals surface area contributed by atoms with Crippen LogP contribution in [0.5, 0.6) is 5.75 Å². The summed E-state index contributed by atoms with van der Waals surface area (Å²) < 4.78 is 11.0. The zero-order valence-corrected chi connectivity index (χ0v) is 12.5. The number of primary amides is 1. The van der Waals surface area contributed by atoms with Gasteiger partial charge in [0.25, 0.3) is 0 Å². The van der Waals surface area contributed by atoms with Crippen LogP contribution in [0.25, 0.3) is 0 Å². The third-order valence-electron chi connectivity index (χ3n) is 4.05. The lowest BCUT2D eigenvalue weighted by atomic mass is 9.80. The van der Waals surface area contributed by atoms with Crippen molar-refractivity contribution in [2.24, 2.45) is 11.5 Å². The monoisotopic (exact) mass is 292 g/mol. The maximum atomic E-state index is 11.4. The topological polar surface area (TPSA) is 87.6 Å². The van der Waals surface area contributed by atoms with Crippen LogP contribution >= 0.6 is 0 Å². The van der Waals surface area contributed by atoms with E-state index in [9.17, 15) is 4.79 Å². The molecule has 1 fully saturated rings. The van der Waals surface area contributed by atoms with Gasteiger partial charge < -0.3 is 20.9 Å². The lowest BCUT2D eigenvalue weighted by Crippen LogP contribution is -2.56. The van der Waals surface area contributed by atoms with Gasteiger partial charge in [-0.25, -0.2) is 0 Å². The Morgan fingerprint density at radius 3 is 2.71 bits per heavy atom. The number of benzene rings is 1. The second kappa shape index (κ2) is 6.91. The molecule has 2 unspecified atom stereocenters. The standard InChI is InChI=1S/C16H24N2O3/c1-20-10-8-12-4-6-13(7-5-12)21-14-3-2-9-16(18,11-14)15(17)19/h4-7,14H,2-3,8-11,18H2,1H3,(H2,17,19). The second-order valence-corrected chi connectivity index (χ2v) is 5.74. The van der Waals surface area contributed by atoms with Crippen LogP contribution in [0.2, 0.25) is 0 Å². The van der Waals surface area contributed by atoms with E-state index in [-0.39, 0.29) is 6.10 Å². The first-order valence-electron chi connectivity index (χ1n) is 7.37. The number of carbonyl (C=O) groups is 1. The highest BCUT2D eigenvalue weighted by Crippen LogP contribution is 2.29. The van der Waals surface area contributed by atoms with Gasteiger partial charge in [0, 0.05) is 13.5 Å². The van der Waals surface area contributed by atoms with Crippen molar-refractivity contribution in [3.8, 4) is 5.75 Å². The first-order valence-corrected chi connectivity index (χ1v) is 7.37. The molecule has 1 aliphatic carbocycles. The first-order chi connectivity index (χ1) is 10.0. The van der Waals surface area contributed by atoms with Crippen LogP contribution < -0.4 is 16.2 Å². The summed E-state index contributed by atoms with van der Waals surface area (Å²) in [5, 5.41) is 0. The molecule has 1 aromatic carbocycles. The maximum Gasteiger partial charge on any atom is 0.237 e. The summed E-state index contributed by atoms with van der Waals surface area (Å²) in [6.07, 6.45) is 3.70. The van der Waals surface area contributed by atoms with Crippen molar-refractivity contribution in [2.75, 3.05) is 13.7 Å². The van der Waals surface area contributed by atoms with E-state index in [2.05, 4.69) is 0 Å². The van der Waals surface area contributed by atoms with E-state index in [0.717, 1.165) is 25.0 Å². The van der Waals surface area contributed by atoms with E-state index in [0.29, 0.717) is 19.4 Å². The number of nitrogens with two attached hydrogens (primary N) is 2. The minimum absolute atomic E-state index is 0.0546. The van der Waals surface area contributed by atoms with E-state index in [1.807, 2.05) is 24.3 Å². The van der Waals surface area contributed by atoms with Crippen molar-refractivity contribution in [1.82, 2.24) is 0 Å². The fourth-order valence-corrected chi connectivity index (χ4v) is 2.73. The number of hydrogen-bond donors (Lipinski definition) is 2. The fraction of sp³-hybridized carbons (Fsp3) is 0.562. The Labute approximate surface area is 125 Å². The number of ether oxygens (including phenoxy) is 2. The Hall–Kier alpha value is -1.59. The Bertz CT molecular complexity index is 475. The Balaban J connectivity index is 1.93. The average molecular weight is 292 g/mol. The minimum Gasteiger partial charge on any atom is -0.490 e. The number of rotatable bonds is 6. The van der Waals surface area contributed by atoms with Crippen molar-refractivity contribution < 1.29 is 14.3 Å². The Kier molecular flexibility index (Phi) is 5.20. The molecule has 0 aliphatic heterocycles. The number of amides is 1. The van der Waals surface area contributed by atoms with Crippen molar-refractivity contribution in [2.45, 2.75) is 43.7 Å². The van der Waals surface area contributed by atoms with Gasteiger partial charge in [0.2, 0.25) is 5.91 Å². The molecule has 0 saturated heterocycles. The lowest BCUT2D eigenvalue weighted by Gasteiger charge is -2.35. The molecule has 21 heavy (non-hydrogen) atoms. The molecule has 0 aromatic heterocycles. The molecule has 1 saturated carbocycles. The van der Waals surface area contributed by atoms with Gasteiger partial charge in [-0.3, -0.25) is 4.79 Å². The molecular weight excluding hydrogens is 268 g/mol. The van der Waals surface area contributed by atoms with Gasteiger partial charge in [-0.1, -0.05) is 12.1 Å². The highest BCUT2D eigenvalue weighted by Gasteiger charge is 2.38. The summed E-state index contributed by atoms with van der Waals surface area (Å²) in [6.45, 7) is 0.705. The molecule has 5 nitrogen and oxygen atoms in total. The quantitative estimate of drug-likeness (QED) is 0.829. The van der Waals surface area contributed by atoms with E-state index in [4.69, 9.17) is 20.9 Å². The van der Waals surface area contributed by atoms with Crippen LogP contribution in [0.15, 0.2) is 24.3 Å². The summed E-state index contributed by atoms with van der Waals surface area (Å²) in [5.41, 5.74) is 11.7. The first kappa shape index (κ1) is 15.8. The van der Waals surface area contributed by atoms with E-state index >= 15 is 0 Å². The molecule has 1 aromatic rings. The molecule has 1 amide bonds. The van der Waals surface area contributed by atoms with Crippen molar-refractivity contribution in [3.63, 3.8) is 0 Å². The second-order valence-electron chi connectivity index (χ2n) is 5.74. The normalized spacial score (nSPS) is 25.5. The van der Waals surface area contributed by atoms with Crippen LogP contribution in [-0.2, 0) is 16.0 Å². The highest BCUT2D eigenvalue weighted by molar-refractivity contribution is 5.84. The third kappa shape index (κ3) is 4.19. The van der Waals surface area contributed by atoms with E-state index < -0.39 is 11.4 Å². The molecule has 116 valence electrons. The summed E-state index contributed by atoms with van der Waals surface area (Å²) >= 11 is 0. The number of hydrogen-bond acceptors (Lipinski definition) is 4. The van der Waals surface area contributed by atoms with Gasteiger partial charge in [-0.2, -0.15) is 0 Å². The molecule has 5 heteroatoms. The Morgan fingerprint density at radius 1 is 1.38 bits per heavy atom. The number of methoxy groups -OCH3 is 1. The predicted octanol–water partition coefficient (Wildman–Crippen LogP) is 1.38. The molecule has 4 N–H and O–H groups in total. The summed E-state index contributed by atoms with van der Waals surface area (Å²) in [7, 11) is 1.69. The molecule has 1 aliphatic rings. The summed E-state index contributed by atoms with van der Waals surface area (Å²) in [4.78, 5) is 11.4. The van der Waals surface area contributed by atoms with Gasteiger partial charge >= 0.3 is 0 Å². The SMILES string of the molecule is COCCc1ccc(OC2CCCC(N)(C(N)=O)C2)cc1. The Morgan fingerprint density at radius 2 is 2.10 bits per heavy atom. The molecule has 0 radical (unpaired) electrons. The van der Waals surface area contributed by atoms with Gasteiger partial charge in [-0.15, -0.1) is 0 Å². The average Bonchev–Trinajstić information content (AvgIpc) is 2.46.